The molecule has 2 aromatic rings. The molecule has 0 radical (unpaired) electrons. The van der Waals surface area contributed by atoms with Crippen LogP contribution < -0.4 is 5.73 Å². The molecule has 6 nitrogen and oxygen atoms in total. The Bertz CT molecular complexity index is 619. The number of aromatic nitrogens is 2. The highest BCUT2D eigenvalue weighted by Crippen LogP contribution is 2.16. The summed E-state index contributed by atoms with van der Waals surface area (Å²) in [5, 5.41) is 5.09. The van der Waals surface area contributed by atoms with E-state index in [0.29, 0.717) is 24.2 Å². The first kappa shape index (κ1) is 13.1. The summed E-state index contributed by atoms with van der Waals surface area (Å²) in [4.78, 5) is 22.5. The molecule has 0 aliphatic heterocycles. The highest BCUT2D eigenvalue weighted by Gasteiger charge is 2.10. The van der Waals surface area contributed by atoms with Crippen molar-refractivity contribution in [1.29, 1.82) is 0 Å². The summed E-state index contributed by atoms with van der Waals surface area (Å²) >= 11 is 0. The Hall–Kier alpha value is -2.37. The number of rotatable bonds is 5. The molecule has 100 valence electrons. The summed E-state index contributed by atoms with van der Waals surface area (Å²) in [6.45, 7) is 2.54. The van der Waals surface area contributed by atoms with Crippen LogP contribution in [0.3, 0.4) is 0 Å². The van der Waals surface area contributed by atoms with Crippen molar-refractivity contribution in [2.75, 3.05) is 6.61 Å². The number of ether oxygens (including phenoxy) is 1. The van der Waals surface area contributed by atoms with Crippen LogP contribution in [0, 0.1) is 0 Å². The fraction of sp³-hybridized carbons (Fsp3) is 0.308. The third-order valence-electron chi connectivity index (χ3n) is 2.70. The minimum atomic E-state index is -0.513. The molecule has 1 aromatic carbocycles. The van der Waals surface area contributed by atoms with Crippen molar-refractivity contribution < 1.29 is 14.3 Å². The van der Waals surface area contributed by atoms with E-state index < -0.39 is 5.91 Å². The zero-order valence-electron chi connectivity index (χ0n) is 10.6. The summed E-state index contributed by atoms with van der Waals surface area (Å²) in [6, 6.07) is 5.22. The van der Waals surface area contributed by atoms with E-state index in [-0.39, 0.29) is 12.4 Å². The van der Waals surface area contributed by atoms with E-state index in [4.69, 9.17) is 10.5 Å². The average molecular weight is 261 g/mol. The average Bonchev–Trinajstić information content (AvgIpc) is 2.79. The molecule has 0 aliphatic carbocycles. The molecule has 0 aliphatic rings. The first-order chi connectivity index (χ1) is 9.11. The molecule has 2 N–H and O–H groups in total. The van der Waals surface area contributed by atoms with Gasteiger partial charge in [0.05, 0.1) is 25.1 Å². The highest BCUT2D eigenvalue weighted by atomic mass is 16.5. The van der Waals surface area contributed by atoms with Crippen molar-refractivity contribution in [3.63, 3.8) is 0 Å². The van der Waals surface area contributed by atoms with E-state index in [2.05, 4.69) is 5.10 Å². The molecule has 0 unspecified atom stereocenters. The second-order valence-corrected chi connectivity index (χ2v) is 4.05. The number of hydrogen-bond acceptors (Lipinski definition) is 4. The lowest BCUT2D eigenvalue weighted by molar-refractivity contribution is -0.143. The van der Waals surface area contributed by atoms with Crippen molar-refractivity contribution in [1.82, 2.24) is 9.78 Å². The molecule has 1 aromatic heterocycles. The van der Waals surface area contributed by atoms with Gasteiger partial charge in [-0.1, -0.05) is 12.1 Å². The lowest BCUT2D eigenvalue weighted by Crippen LogP contribution is -2.12. The SMILES string of the molecule is CCOC(=O)CCn1cc2cccc(C(N)=O)c2n1. The predicted octanol–water partition coefficient (Wildman–Crippen LogP) is 1.09. The van der Waals surface area contributed by atoms with Gasteiger partial charge in [-0.3, -0.25) is 14.3 Å². The Morgan fingerprint density at radius 2 is 2.21 bits per heavy atom. The molecular formula is C13H15N3O3. The minimum Gasteiger partial charge on any atom is -0.466 e. The number of nitrogens with two attached hydrogens (primary N) is 1. The molecule has 0 atom stereocenters. The van der Waals surface area contributed by atoms with Crippen LogP contribution in [0.5, 0.6) is 0 Å². The van der Waals surface area contributed by atoms with Crippen molar-refractivity contribution in [2.24, 2.45) is 5.73 Å². The summed E-state index contributed by atoms with van der Waals surface area (Å²) in [7, 11) is 0. The number of benzene rings is 1. The molecule has 1 heterocycles. The van der Waals surface area contributed by atoms with Crippen molar-refractivity contribution in [2.45, 2.75) is 19.9 Å². The second-order valence-electron chi connectivity index (χ2n) is 4.05. The van der Waals surface area contributed by atoms with Crippen LogP contribution in [0.2, 0.25) is 0 Å². The van der Waals surface area contributed by atoms with Crippen molar-refractivity contribution in [3.8, 4) is 0 Å². The fourth-order valence-electron chi connectivity index (χ4n) is 1.85. The van der Waals surface area contributed by atoms with Crippen LogP contribution in [-0.4, -0.2) is 28.3 Å². The third-order valence-corrected chi connectivity index (χ3v) is 2.70. The maximum Gasteiger partial charge on any atom is 0.307 e. The Labute approximate surface area is 110 Å². The maximum atomic E-state index is 11.3. The van der Waals surface area contributed by atoms with E-state index in [1.807, 2.05) is 6.07 Å². The maximum absolute atomic E-state index is 11.3. The Kier molecular flexibility index (Phi) is 3.79. The summed E-state index contributed by atoms with van der Waals surface area (Å²) in [5.74, 6) is -0.779. The van der Waals surface area contributed by atoms with Gasteiger partial charge in [0.15, 0.2) is 0 Å². The van der Waals surface area contributed by atoms with Gasteiger partial charge in [-0.2, -0.15) is 5.10 Å². The van der Waals surface area contributed by atoms with Gasteiger partial charge in [0, 0.05) is 11.6 Å². The molecule has 2 rings (SSSR count). The van der Waals surface area contributed by atoms with E-state index >= 15 is 0 Å². The number of hydrogen-bond donors (Lipinski definition) is 1. The first-order valence-electron chi connectivity index (χ1n) is 6.03. The zero-order valence-corrected chi connectivity index (χ0v) is 10.6. The van der Waals surface area contributed by atoms with E-state index in [0.717, 1.165) is 5.39 Å². The van der Waals surface area contributed by atoms with Crippen LogP contribution in [0.25, 0.3) is 10.9 Å². The Balaban J connectivity index is 2.20. The highest BCUT2D eigenvalue weighted by molar-refractivity contribution is 6.04. The number of carbonyl (C=O) groups excluding carboxylic acids is 2. The van der Waals surface area contributed by atoms with Gasteiger partial charge >= 0.3 is 5.97 Å². The second kappa shape index (κ2) is 5.51. The number of aryl methyl sites for hydroxylation is 1. The molecule has 0 bridgehead atoms. The van der Waals surface area contributed by atoms with Crippen molar-refractivity contribution >= 4 is 22.8 Å². The molecule has 19 heavy (non-hydrogen) atoms. The number of carbonyl (C=O) groups is 2. The predicted molar refractivity (Wildman–Crippen MR) is 69.5 cm³/mol. The van der Waals surface area contributed by atoms with Gasteiger partial charge < -0.3 is 10.5 Å². The van der Waals surface area contributed by atoms with Gasteiger partial charge in [-0.25, -0.2) is 0 Å². The number of fused-ring (bicyclic) bond motifs is 1. The van der Waals surface area contributed by atoms with Crippen LogP contribution in [0.15, 0.2) is 24.4 Å². The lowest BCUT2D eigenvalue weighted by Gasteiger charge is -2.01. The normalized spacial score (nSPS) is 10.6. The summed E-state index contributed by atoms with van der Waals surface area (Å²) in [5.41, 5.74) is 6.22. The van der Waals surface area contributed by atoms with Crippen LogP contribution >= 0.6 is 0 Å². The van der Waals surface area contributed by atoms with Crippen LogP contribution in [0.1, 0.15) is 23.7 Å². The Morgan fingerprint density at radius 1 is 1.42 bits per heavy atom. The zero-order chi connectivity index (χ0) is 13.8. The first-order valence-corrected chi connectivity index (χ1v) is 6.03. The standard InChI is InChI=1S/C13H15N3O3/c1-2-19-11(17)6-7-16-8-9-4-3-5-10(13(14)18)12(9)15-16/h3-5,8H,2,6-7H2,1H3,(H2,14,18). The third kappa shape index (κ3) is 2.90. The largest absolute Gasteiger partial charge is 0.466 e. The lowest BCUT2D eigenvalue weighted by atomic mass is 10.1. The van der Waals surface area contributed by atoms with Crippen LogP contribution in [-0.2, 0) is 16.1 Å². The monoisotopic (exact) mass is 261 g/mol. The molecule has 1 amide bonds. The molecule has 0 saturated heterocycles. The number of esters is 1. The van der Waals surface area contributed by atoms with Crippen molar-refractivity contribution in [3.05, 3.63) is 30.0 Å². The smallest absolute Gasteiger partial charge is 0.307 e. The van der Waals surface area contributed by atoms with Gasteiger partial charge in [0.1, 0.15) is 5.52 Å². The fourth-order valence-corrected chi connectivity index (χ4v) is 1.85. The molecule has 0 fully saturated rings. The molecule has 0 saturated carbocycles. The molecular weight excluding hydrogens is 246 g/mol. The number of amides is 1. The van der Waals surface area contributed by atoms with Gasteiger partial charge in [-0.15, -0.1) is 0 Å². The quantitative estimate of drug-likeness (QED) is 0.816. The minimum absolute atomic E-state index is 0.244. The molecule has 6 heteroatoms. The van der Waals surface area contributed by atoms with E-state index in [9.17, 15) is 9.59 Å². The van der Waals surface area contributed by atoms with E-state index in [1.54, 1.807) is 29.9 Å². The van der Waals surface area contributed by atoms with Gasteiger partial charge in [0.25, 0.3) is 5.91 Å². The summed E-state index contributed by atoms with van der Waals surface area (Å²) in [6.07, 6.45) is 2.02. The molecule has 0 spiro atoms. The topological polar surface area (TPSA) is 87.2 Å². The summed E-state index contributed by atoms with van der Waals surface area (Å²) < 4.78 is 6.46. The number of primary amides is 1. The van der Waals surface area contributed by atoms with Crippen LogP contribution in [0.4, 0.5) is 0 Å². The number of nitrogens with zero attached hydrogens (tertiary/aromatic N) is 2. The van der Waals surface area contributed by atoms with Gasteiger partial charge in [0.2, 0.25) is 0 Å². The Morgan fingerprint density at radius 3 is 2.89 bits per heavy atom. The van der Waals surface area contributed by atoms with Gasteiger partial charge in [-0.05, 0) is 13.0 Å². The van der Waals surface area contributed by atoms with E-state index in [1.165, 1.54) is 0 Å².